The quantitative estimate of drug-likeness (QED) is 0.682. The highest BCUT2D eigenvalue weighted by Gasteiger charge is 2.16. The molecule has 28 heavy (non-hydrogen) atoms. The van der Waals surface area contributed by atoms with Crippen molar-refractivity contribution in [2.24, 2.45) is 0 Å². The summed E-state index contributed by atoms with van der Waals surface area (Å²) in [5, 5.41) is 3.18. The Kier molecular flexibility index (Phi) is 5.79. The minimum atomic E-state index is -0.709. The average molecular weight is 386 g/mol. The fraction of sp³-hybridized carbons (Fsp3) is 0.250. The summed E-state index contributed by atoms with van der Waals surface area (Å²) in [5.41, 5.74) is 0.552. The second kappa shape index (κ2) is 8.26. The van der Waals surface area contributed by atoms with Crippen LogP contribution in [0.3, 0.4) is 0 Å². The summed E-state index contributed by atoms with van der Waals surface area (Å²) >= 11 is 0. The van der Waals surface area contributed by atoms with Gasteiger partial charge in [-0.1, -0.05) is 18.2 Å². The van der Waals surface area contributed by atoms with Crippen LogP contribution in [0, 0.1) is 11.6 Å². The number of amides is 1. The average Bonchev–Trinajstić information content (AvgIpc) is 2.61. The standard InChI is InChI=1S/C20H20F2N4O2/c1-12(14-8-7-13(21)9-16(14)22)23-19(27)11-26(2)10-18-24-17-6-4-3-5-15(17)20(28)25-18/h3-9,12H,10-11H2,1-2H3,(H,23,27)(H,24,25,28). The minimum Gasteiger partial charge on any atom is -0.348 e. The largest absolute Gasteiger partial charge is 0.348 e. The van der Waals surface area contributed by atoms with Crippen LogP contribution in [0.1, 0.15) is 24.4 Å². The molecule has 146 valence electrons. The molecular formula is C20H20F2N4O2. The van der Waals surface area contributed by atoms with Gasteiger partial charge in [-0.15, -0.1) is 0 Å². The number of likely N-dealkylation sites (N-methyl/N-ethyl adjacent to an activating group) is 1. The molecule has 0 radical (unpaired) electrons. The number of hydrogen-bond acceptors (Lipinski definition) is 4. The zero-order chi connectivity index (χ0) is 20.3. The number of nitrogens with one attached hydrogen (secondary N) is 2. The van der Waals surface area contributed by atoms with Crippen LogP contribution in [-0.2, 0) is 11.3 Å². The minimum absolute atomic E-state index is 0.0176. The fourth-order valence-corrected chi connectivity index (χ4v) is 2.98. The van der Waals surface area contributed by atoms with Crippen LogP contribution < -0.4 is 10.9 Å². The molecule has 0 aliphatic heterocycles. The summed E-state index contributed by atoms with van der Waals surface area (Å²) in [7, 11) is 1.71. The number of fused-ring (bicyclic) bond motifs is 1. The second-order valence-electron chi connectivity index (χ2n) is 6.66. The first-order valence-electron chi connectivity index (χ1n) is 8.74. The molecule has 0 bridgehead atoms. The number of hydrogen-bond donors (Lipinski definition) is 2. The number of carbonyl (C=O) groups excluding carboxylic acids is 1. The van der Waals surface area contributed by atoms with Gasteiger partial charge in [0, 0.05) is 11.6 Å². The van der Waals surface area contributed by atoms with E-state index in [2.05, 4.69) is 15.3 Å². The lowest BCUT2D eigenvalue weighted by Crippen LogP contribution is -2.37. The number of benzene rings is 2. The molecule has 6 nitrogen and oxygen atoms in total. The van der Waals surface area contributed by atoms with Crippen molar-refractivity contribution in [3.63, 3.8) is 0 Å². The van der Waals surface area contributed by atoms with Crippen LogP contribution in [0.5, 0.6) is 0 Å². The third-order valence-electron chi connectivity index (χ3n) is 4.30. The number of para-hydroxylation sites is 1. The van der Waals surface area contributed by atoms with Crippen molar-refractivity contribution < 1.29 is 13.6 Å². The Labute approximate surface area is 160 Å². The van der Waals surface area contributed by atoms with Gasteiger partial charge in [-0.25, -0.2) is 13.8 Å². The van der Waals surface area contributed by atoms with Crippen molar-refractivity contribution in [2.45, 2.75) is 19.5 Å². The van der Waals surface area contributed by atoms with Gasteiger partial charge in [-0.05, 0) is 32.2 Å². The number of halogens is 2. The lowest BCUT2D eigenvalue weighted by molar-refractivity contribution is -0.122. The summed E-state index contributed by atoms with van der Waals surface area (Å²) in [6.07, 6.45) is 0. The number of carbonyl (C=O) groups is 1. The molecule has 0 aliphatic carbocycles. The molecule has 0 aliphatic rings. The molecule has 8 heteroatoms. The molecule has 0 fully saturated rings. The van der Waals surface area contributed by atoms with Crippen molar-refractivity contribution in [3.8, 4) is 0 Å². The molecule has 2 aromatic carbocycles. The molecule has 3 aromatic rings. The van der Waals surface area contributed by atoms with Crippen molar-refractivity contribution in [3.05, 3.63) is 75.8 Å². The molecule has 1 amide bonds. The molecule has 1 aromatic heterocycles. The van der Waals surface area contributed by atoms with E-state index in [1.165, 1.54) is 6.07 Å². The van der Waals surface area contributed by atoms with E-state index in [9.17, 15) is 18.4 Å². The van der Waals surface area contributed by atoms with Crippen molar-refractivity contribution >= 4 is 16.8 Å². The van der Waals surface area contributed by atoms with Crippen LogP contribution in [0.2, 0.25) is 0 Å². The van der Waals surface area contributed by atoms with Gasteiger partial charge in [0.15, 0.2) is 0 Å². The molecular weight excluding hydrogens is 366 g/mol. The van der Waals surface area contributed by atoms with Crippen LogP contribution in [0.25, 0.3) is 10.9 Å². The highest BCUT2D eigenvalue weighted by atomic mass is 19.1. The maximum Gasteiger partial charge on any atom is 0.258 e. The molecule has 2 N–H and O–H groups in total. The van der Waals surface area contributed by atoms with E-state index in [1.807, 2.05) is 0 Å². The highest BCUT2D eigenvalue weighted by Crippen LogP contribution is 2.17. The van der Waals surface area contributed by atoms with E-state index in [1.54, 1.807) is 43.1 Å². The number of nitrogens with zero attached hydrogens (tertiary/aromatic N) is 2. The van der Waals surface area contributed by atoms with Gasteiger partial charge >= 0.3 is 0 Å². The first-order chi connectivity index (χ1) is 13.3. The zero-order valence-electron chi connectivity index (χ0n) is 15.5. The molecule has 3 rings (SSSR count). The Morgan fingerprint density at radius 1 is 1.25 bits per heavy atom. The van der Waals surface area contributed by atoms with Gasteiger partial charge in [-0.2, -0.15) is 0 Å². The molecule has 1 heterocycles. The molecule has 1 unspecified atom stereocenters. The van der Waals surface area contributed by atoms with Crippen LogP contribution in [0.4, 0.5) is 8.78 Å². The maximum atomic E-state index is 13.8. The predicted octanol–water partition coefficient (Wildman–Crippen LogP) is 2.51. The molecule has 0 saturated heterocycles. The summed E-state index contributed by atoms with van der Waals surface area (Å²) in [6.45, 7) is 1.90. The molecule has 1 atom stereocenters. The van der Waals surface area contributed by atoms with Crippen LogP contribution >= 0.6 is 0 Å². The molecule has 0 saturated carbocycles. The Balaban J connectivity index is 1.62. The van der Waals surface area contributed by atoms with Gasteiger partial charge in [0.05, 0.1) is 30.0 Å². The number of rotatable bonds is 6. The van der Waals surface area contributed by atoms with Gasteiger partial charge in [0.25, 0.3) is 5.56 Å². The Bertz CT molecular complexity index is 1070. The Hall–Kier alpha value is -3.13. The lowest BCUT2D eigenvalue weighted by Gasteiger charge is -2.19. The third-order valence-corrected chi connectivity index (χ3v) is 4.30. The van der Waals surface area contributed by atoms with Crippen molar-refractivity contribution in [1.29, 1.82) is 0 Å². The summed E-state index contributed by atoms with van der Waals surface area (Å²) in [4.78, 5) is 33.1. The monoisotopic (exact) mass is 386 g/mol. The van der Waals surface area contributed by atoms with Gasteiger partial charge in [0.2, 0.25) is 5.91 Å². The third kappa shape index (κ3) is 4.58. The van der Waals surface area contributed by atoms with E-state index >= 15 is 0 Å². The second-order valence-corrected chi connectivity index (χ2v) is 6.66. The number of H-pyrrole nitrogens is 1. The van der Waals surface area contributed by atoms with E-state index in [0.717, 1.165) is 12.1 Å². The van der Waals surface area contributed by atoms with E-state index in [-0.39, 0.29) is 30.1 Å². The SMILES string of the molecule is CC(NC(=O)CN(C)Cc1nc2ccccc2c(=O)[nH]1)c1ccc(F)cc1F. The predicted molar refractivity (Wildman–Crippen MR) is 102 cm³/mol. The number of aromatic nitrogens is 2. The Morgan fingerprint density at radius 2 is 2.00 bits per heavy atom. The highest BCUT2D eigenvalue weighted by molar-refractivity contribution is 5.78. The van der Waals surface area contributed by atoms with Crippen molar-refractivity contribution in [1.82, 2.24) is 20.2 Å². The van der Waals surface area contributed by atoms with Crippen LogP contribution in [0.15, 0.2) is 47.3 Å². The normalized spacial score (nSPS) is 12.3. The van der Waals surface area contributed by atoms with Gasteiger partial charge in [0.1, 0.15) is 17.5 Å². The summed E-state index contributed by atoms with van der Waals surface area (Å²) in [5.74, 6) is -1.27. The van der Waals surface area contributed by atoms with Crippen LogP contribution in [-0.4, -0.2) is 34.4 Å². The molecule has 0 spiro atoms. The summed E-state index contributed by atoms with van der Waals surface area (Å²) < 4.78 is 26.8. The lowest BCUT2D eigenvalue weighted by atomic mass is 10.1. The zero-order valence-corrected chi connectivity index (χ0v) is 15.5. The topological polar surface area (TPSA) is 78.1 Å². The fourth-order valence-electron chi connectivity index (χ4n) is 2.98. The summed E-state index contributed by atoms with van der Waals surface area (Å²) in [6, 6.07) is 9.63. The van der Waals surface area contributed by atoms with Gasteiger partial charge < -0.3 is 10.3 Å². The van der Waals surface area contributed by atoms with E-state index < -0.39 is 17.7 Å². The first kappa shape index (κ1) is 19.6. The van der Waals surface area contributed by atoms with E-state index in [4.69, 9.17) is 0 Å². The van der Waals surface area contributed by atoms with Crippen molar-refractivity contribution in [2.75, 3.05) is 13.6 Å². The van der Waals surface area contributed by atoms with Gasteiger partial charge in [-0.3, -0.25) is 14.5 Å². The van der Waals surface area contributed by atoms with E-state index in [0.29, 0.717) is 16.7 Å². The Morgan fingerprint density at radius 3 is 2.75 bits per heavy atom. The smallest absolute Gasteiger partial charge is 0.258 e. The maximum absolute atomic E-state index is 13.8. The first-order valence-corrected chi connectivity index (χ1v) is 8.74. The number of aromatic amines is 1.